The van der Waals surface area contributed by atoms with E-state index in [1.54, 1.807) is 0 Å². The second-order valence-electron chi connectivity index (χ2n) is 7.17. The minimum Gasteiger partial charge on any atom is -0.481 e. The van der Waals surface area contributed by atoms with Gasteiger partial charge in [-0.25, -0.2) is 0 Å². The molecule has 0 aliphatic heterocycles. The van der Waals surface area contributed by atoms with Gasteiger partial charge in [-0.1, -0.05) is 40.5 Å². The Bertz CT molecular complexity index is 320. The van der Waals surface area contributed by atoms with Crippen LogP contribution >= 0.6 is 0 Å². The van der Waals surface area contributed by atoms with Gasteiger partial charge in [-0.05, 0) is 31.6 Å². The average molecular weight is 285 g/mol. The lowest BCUT2D eigenvalue weighted by Gasteiger charge is -2.34. The predicted molar refractivity (Wildman–Crippen MR) is 81.6 cm³/mol. The SMILES string of the molecule is CCCCC(C)(CCC(C)(C)C)NC(=O)CCC(=O)O. The maximum absolute atomic E-state index is 11.9. The number of hydrogen-bond donors (Lipinski definition) is 2. The fourth-order valence-corrected chi connectivity index (χ4v) is 2.09. The third-order valence-corrected chi connectivity index (χ3v) is 3.52. The molecule has 0 fully saturated rings. The van der Waals surface area contributed by atoms with Crippen LogP contribution in [-0.2, 0) is 9.59 Å². The lowest BCUT2D eigenvalue weighted by molar-refractivity contribution is -0.139. The number of carboxylic acids is 1. The van der Waals surface area contributed by atoms with E-state index in [1.165, 1.54) is 0 Å². The van der Waals surface area contributed by atoms with Crippen molar-refractivity contribution in [3.05, 3.63) is 0 Å². The smallest absolute Gasteiger partial charge is 0.303 e. The second kappa shape index (κ2) is 8.28. The number of hydrogen-bond acceptors (Lipinski definition) is 2. The first-order valence-corrected chi connectivity index (χ1v) is 7.61. The minimum atomic E-state index is -0.926. The summed E-state index contributed by atoms with van der Waals surface area (Å²) in [5, 5.41) is 11.7. The van der Waals surface area contributed by atoms with Crippen LogP contribution in [0.15, 0.2) is 0 Å². The maximum atomic E-state index is 11.9. The number of unbranched alkanes of at least 4 members (excludes halogenated alkanes) is 1. The fraction of sp³-hybridized carbons (Fsp3) is 0.875. The monoisotopic (exact) mass is 285 g/mol. The van der Waals surface area contributed by atoms with Crippen LogP contribution in [0.3, 0.4) is 0 Å². The third kappa shape index (κ3) is 9.82. The van der Waals surface area contributed by atoms with E-state index in [-0.39, 0.29) is 29.7 Å². The predicted octanol–water partition coefficient (Wildman–Crippen LogP) is 3.74. The van der Waals surface area contributed by atoms with Crippen LogP contribution in [0.25, 0.3) is 0 Å². The van der Waals surface area contributed by atoms with E-state index < -0.39 is 5.97 Å². The number of nitrogens with one attached hydrogen (secondary N) is 1. The van der Waals surface area contributed by atoms with Gasteiger partial charge in [0.25, 0.3) is 0 Å². The lowest BCUT2D eigenvalue weighted by atomic mass is 9.81. The average Bonchev–Trinajstić information content (AvgIpc) is 2.31. The highest BCUT2D eigenvalue weighted by molar-refractivity contribution is 5.81. The zero-order valence-corrected chi connectivity index (χ0v) is 13.7. The van der Waals surface area contributed by atoms with Crippen molar-refractivity contribution in [2.75, 3.05) is 0 Å². The van der Waals surface area contributed by atoms with Gasteiger partial charge < -0.3 is 10.4 Å². The van der Waals surface area contributed by atoms with Crippen LogP contribution in [0.2, 0.25) is 0 Å². The summed E-state index contributed by atoms with van der Waals surface area (Å²) in [4.78, 5) is 22.4. The van der Waals surface area contributed by atoms with Gasteiger partial charge >= 0.3 is 5.97 Å². The zero-order chi connectivity index (χ0) is 15.8. The Labute approximate surface area is 123 Å². The van der Waals surface area contributed by atoms with E-state index in [0.29, 0.717) is 0 Å². The zero-order valence-electron chi connectivity index (χ0n) is 13.7. The van der Waals surface area contributed by atoms with Crippen molar-refractivity contribution in [1.82, 2.24) is 5.32 Å². The van der Waals surface area contributed by atoms with Crippen LogP contribution < -0.4 is 5.32 Å². The van der Waals surface area contributed by atoms with E-state index >= 15 is 0 Å². The molecule has 0 bridgehead atoms. The van der Waals surface area contributed by atoms with Crippen molar-refractivity contribution in [2.45, 2.75) is 85.1 Å². The van der Waals surface area contributed by atoms with Crippen LogP contribution in [-0.4, -0.2) is 22.5 Å². The quantitative estimate of drug-likeness (QED) is 0.678. The number of amides is 1. The van der Waals surface area contributed by atoms with Crippen LogP contribution in [0.5, 0.6) is 0 Å². The molecule has 1 amide bonds. The number of rotatable bonds is 9. The van der Waals surface area contributed by atoms with Gasteiger partial charge in [-0.2, -0.15) is 0 Å². The van der Waals surface area contributed by atoms with Gasteiger partial charge in [0.2, 0.25) is 5.91 Å². The Hall–Kier alpha value is -1.06. The second-order valence-corrected chi connectivity index (χ2v) is 7.17. The van der Waals surface area contributed by atoms with Crippen molar-refractivity contribution in [3.8, 4) is 0 Å². The third-order valence-electron chi connectivity index (χ3n) is 3.52. The van der Waals surface area contributed by atoms with Crippen LogP contribution in [0, 0.1) is 5.41 Å². The molecular weight excluding hydrogens is 254 g/mol. The topological polar surface area (TPSA) is 66.4 Å². The molecule has 0 aromatic carbocycles. The molecule has 0 rings (SSSR count). The molecule has 0 aliphatic rings. The van der Waals surface area contributed by atoms with E-state index in [2.05, 4.69) is 39.9 Å². The Morgan fingerprint density at radius 3 is 2.05 bits per heavy atom. The summed E-state index contributed by atoms with van der Waals surface area (Å²) in [7, 11) is 0. The normalized spacial score (nSPS) is 14.7. The molecule has 0 aromatic heterocycles. The van der Waals surface area contributed by atoms with Crippen molar-refractivity contribution in [2.24, 2.45) is 5.41 Å². The lowest BCUT2D eigenvalue weighted by Crippen LogP contribution is -2.46. The first-order chi connectivity index (χ1) is 9.08. The molecule has 4 nitrogen and oxygen atoms in total. The van der Waals surface area contributed by atoms with E-state index in [0.717, 1.165) is 32.1 Å². The molecule has 0 heterocycles. The van der Waals surface area contributed by atoms with Crippen molar-refractivity contribution >= 4 is 11.9 Å². The largest absolute Gasteiger partial charge is 0.481 e. The number of carbonyl (C=O) groups is 2. The van der Waals surface area contributed by atoms with Gasteiger partial charge in [-0.15, -0.1) is 0 Å². The summed E-state index contributed by atoms with van der Waals surface area (Å²) in [6.45, 7) is 10.8. The molecule has 1 unspecified atom stereocenters. The fourth-order valence-electron chi connectivity index (χ4n) is 2.09. The molecule has 0 saturated carbocycles. The van der Waals surface area contributed by atoms with Crippen molar-refractivity contribution in [3.63, 3.8) is 0 Å². The summed E-state index contributed by atoms with van der Waals surface area (Å²) in [6, 6.07) is 0. The molecular formula is C16H31NO3. The van der Waals surface area contributed by atoms with Gasteiger partial charge in [-0.3, -0.25) is 9.59 Å². The summed E-state index contributed by atoms with van der Waals surface area (Å²) in [6.07, 6.45) is 5.03. The molecule has 0 spiro atoms. The first kappa shape index (κ1) is 18.9. The van der Waals surface area contributed by atoms with E-state index in [4.69, 9.17) is 5.11 Å². The molecule has 0 aliphatic carbocycles. The van der Waals surface area contributed by atoms with Crippen LogP contribution in [0.1, 0.15) is 79.6 Å². The highest BCUT2D eigenvalue weighted by Gasteiger charge is 2.27. The van der Waals surface area contributed by atoms with Gasteiger partial charge in [0.1, 0.15) is 0 Å². The van der Waals surface area contributed by atoms with E-state index in [9.17, 15) is 9.59 Å². The molecule has 4 heteroatoms. The number of carbonyl (C=O) groups excluding carboxylic acids is 1. The standard InChI is InChI=1S/C16H31NO3/c1-6-7-10-16(5,12-11-15(2,3)4)17-13(18)8-9-14(19)20/h6-12H2,1-5H3,(H,17,18)(H,19,20). The Morgan fingerprint density at radius 2 is 1.60 bits per heavy atom. The maximum Gasteiger partial charge on any atom is 0.303 e. The molecule has 118 valence electrons. The van der Waals surface area contributed by atoms with E-state index in [1.807, 2.05) is 0 Å². The summed E-state index contributed by atoms with van der Waals surface area (Å²) in [5.74, 6) is -1.08. The molecule has 2 N–H and O–H groups in total. The highest BCUT2D eigenvalue weighted by atomic mass is 16.4. The molecule has 0 radical (unpaired) electrons. The van der Waals surface area contributed by atoms with Crippen molar-refractivity contribution in [1.29, 1.82) is 0 Å². The highest BCUT2D eigenvalue weighted by Crippen LogP contribution is 2.28. The molecule has 1 atom stereocenters. The minimum absolute atomic E-state index is 0.0621. The van der Waals surface area contributed by atoms with Crippen molar-refractivity contribution < 1.29 is 14.7 Å². The van der Waals surface area contributed by atoms with Gasteiger partial charge in [0, 0.05) is 12.0 Å². The summed E-state index contributed by atoms with van der Waals surface area (Å²) in [5.41, 5.74) is 0.0120. The molecule has 0 aromatic rings. The Balaban J connectivity index is 4.51. The summed E-state index contributed by atoms with van der Waals surface area (Å²) < 4.78 is 0. The molecule has 20 heavy (non-hydrogen) atoms. The molecule has 0 saturated heterocycles. The number of aliphatic carboxylic acids is 1. The van der Waals surface area contributed by atoms with Crippen LogP contribution in [0.4, 0.5) is 0 Å². The van der Waals surface area contributed by atoms with Gasteiger partial charge in [0.05, 0.1) is 6.42 Å². The Kier molecular flexibility index (Phi) is 7.84. The Morgan fingerprint density at radius 1 is 1.00 bits per heavy atom. The number of carboxylic acid groups (broad SMARTS) is 1. The summed E-state index contributed by atoms with van der Waals surface area (Å²) >= 11 is 0. The first-order valence-electron chi connectivity index (χ1n) is 7.61. The van der Waals surface area contributed by atoms with Gasteiger partial charge in [0.15, 0.2) is 0 Å².